The van der Waals surface area contributed by atoms with Gasteiger partial charge in [0.05, 0.1) is 6.61 Å². The Hall–Kier alpha value is -1.69. The van der Waals surface area contributed by atoms with Gasteiger partial charge in [0, 0.05) is 6.42 Å². The predicted octanol–water partition coefficient (Wildman–Crippen LogP) is 4.59. The molecule has 2 atom stereocenters. The monoisotopic (exact) mass is 472 g/mol. The fourth-order valence-electron chi connectivity index (χ4n) is 3.93. The van der Waals surface area contributed by atoms with E-state index in [0.29, 0.717) is 19.4 Å². The first-order valence-electron chi connectivity index (χ1n) is 10.1. The lowest BCUT2D eigenvalue weighted by molar-refractivity contribution is -0.149. The summed E-state index contributed by atoms with van der Waals surface area (Å²) in [5, 5.41) is 2.35. The molecule has 1 aliphatic heterocycles. The van der Waals surface area contributed by atoms with E-state index in [1.54, 1.807) is 0 Å². The van der Waals surface area contributed by atoms with Gasteiger partial charge in [0.15, 0.2) is 0 Å². The number of carbonyl (C=O) groups is 1. The lowest BCUT2D eigenvalue weighted by Gasteiger charge is -2.43. The average molecular weight is 473 g/mol. The van der Waals surface area contributed by atoms with Gasteiger partial charge >= 0.3 is 5.97 Å². The molecule has 0 fully saturated rings. The van der Waals surface area contributed by atoms with Crippen LogP contribution in [-0.2, 0) is 14.0 Å². The number of halogens is 1. The van der Waals surface area contributed by atoms with Crippen LogP contribution in [-0.4, -0.2) is 31.8 Å². The van der Waals surface area contributed by atoms with Crippen molar-refractivity contribution in [3.8, 4) is 0 Å². The van der Waals surface area contributed by atoms with E-state index in [0.717, 1.165) is 0 Å². The van der Waals surface area contributed by atoms with E-state index in [1.165, 1.54) is 10.4 Å². The summed E-state index contributed by atoms with van der Waals surface area (Å²) < 4.78 is 12.6. The molecule has 0 saturated carbocycles. The van der Waals surface area contributed by atoms with E-state index in [1.807, 2.05) is 18.2 Å². The highest BCUT2D eigenvalue weighted by atomic mass is 79.9. The Morgan fingerprint density at radius 1 is 0.966 bits per heavy atom. The van der Waals surface area contributed by atoms with Crippen LogP contribution in [0.4, 0.5) is 0 Å². The van der Waals surface area contributed by atoms with Crippen LogP contribution in [0, 0.1) is 0 Å². The number of hydrogen-bond acceptors (Lipinski definition) is 3. The number of alkyl halides is 1. The fraction of sp³-hybridized carbons (Fsp3) is 0.375. The normalized spacial score (nSPS) is 21.7. The minimum atomic E-state index is -2.63. The summed E-state index contributed by atoms with van der Waals surface area (Å²) in [7, 11) is -2.63. The second kappa shape index (κ2) is 9.41. The first-order valence-corrected chi connectivity index (χ1v) is 12.9. The second-order valence-electron chi connectivity index (χ2n) is 8.44. The molecule has 5 heteroatoms. The van der Waals surface area contributed by atoms with Gasteiger partial charge in [0.1, 0.15) is 10.9 Å². The average Bonchev–Trinajstić information content (AvgIpc) is 2.70. The van der Waals surface area contributed by atoms with E-state index < -0.39 is 8.32 Å². The van der Waals surface area contributed by atoms with Crippen molar-refractivity contribution >= 4 is 40.6 Å². The molecule has 0 aromatic heterocycles. The summed E-state index contributed by atoms with van der Waals surface area (Å²) in [5.41, 5.74) is 0. The molecule has 0 N–H and O–H groups in total. The number of hydrogen-bond donors (Lipinski definition) is 0. The molecule has 0 bridgehead atoms. The van der Waals surface area contributed by atoms with Gasteiger partial charge in [-0.15, -0.1) is 0 Å². The summed E-state index contributed by atoms with van der Waals surface area (Å²) in [6.45, 7) is 7.12. The van der Waals surface area contributed by atoms with Crippen LogP contribution in [0.2, 0.25) is 5.04 Å². The van der Waals surface area contributed by atoms with Crippen LogP contribution in [0.5, 0.6) is 0 Å². The smallest absolute Gasteiger partial charge is 0.320 e. The minimum Gasteiger partial charge on any atom is -0.459 e. The Morgan fingerprint density at radius 3 is 2.00 bits per heavy atom. The maximum absolute atomic E-state index is 12.3. The quantitative estimate of drug-likeness (QED) is 0.276. The third-order valence-corrected chi connectivity index (χ3v) is 11.1. The van der Waals surface area contributed by atoms with E-state index >= 15 is 0 Å². The maximum atomic E-state index is 12.3. The Balaban J connectivity index is 1.98. The highest BCUT2D eigenvalue weighted by Gasteiger charge is 2.50. The van der Waals surface area contributed by atoms with Gasteiger partial charge in [-0.2, -0.15) is 0 Å². The molecule has 2 aromatic rings. The van der Waals surface area contributed by atoms with Gasteiger partial charge in [-0.3, -0.25) is 4.79 Å². The standard InChI is InChI=1S/C24H29BrO3Si/c1-24(2,3)29(20-13-6-4-7-14-20,21-15-8-5-9-16-21)27-18-19-12-10-11-17-22(25)23(26)28-19/h4-11,13-16,19,22H,12,17-18H2,1-3H3/b11-10-/t19-,22-/m1/s1. The lowest BCUT2D eigenvalue weighted by Crippen LogP contribution is -2.67. The molecule has 0 spiro atoms. The molecule has 2 aromatic carbocycles. The molecule has 1 heterocycles. The second-order valence-corrected chi connectivity index (χ2v) is 13.9. The topological polar surface area (TPSA) is 35.5 Å². The molecule has 0 radical (unpaired) electrons. The van der Waals surface area contributed by atoms with Crippen molar-refractivity contribution in [2.75, 3.05) is 6.61 Å². The molecule has 0 saturated heterocycles. The predicted molar refractivity (Wildman–Crippen MR) is 125 cm³/mol. The number of allylic oxidation sites excluding steroid dienone is 1. The lowest BCUT2D eigenvalue weighted by atomic mass is 10.2. The van der Waals surface area contributed by atoms with Crippen LogP contribution in [0.15, 0.2) is 72.8 Å². The number of esters is 1. The highest BCUT2D eigenvalue weighted by molar-refractivity contribution is 9.10. The first-order chi connectivity index (χ1) is 13.8. The van der Waals surface area contributed by atoms with E-state index in [4.69, 9.17) is 9.16 Å². The largest absolute Gasteiger partial charge is 0.459 e. The van der Waals surface area contributed by atoms with Gasteiger partial charge < -0.3 is 9.16 Å². The van der Waals surface area contributed by atoms with Crippen molar-refractivity contribution in [1.29, 1.82) is 0 Å². The van der Waals surface area contributed by atoms with Gasteiger partial charge in [-0.25, -0.2) is 0 Å². The SMILES string of the molecule is CC(C)(C)[Si](OC[C@H]1C/C=C\C[C@@H](Br)C(=O)O1)(c1ccccc1)c1ccccc1. The highest BCUT2D eigenvalue weighted by Crippen LogP contribution is 2.37. The number of carbonyl (C=O) groups excluding carboxylic acids is 1. The third kappa shape index (κ3) is 4.90. The summed E-state index contributed by atoms with van der Waals surface area (Å²) in [4.78, 5) is 12.0. The van der Waals surface area contributed by atoms with Crippen LogP contribution in [0.25, 0.3) is 0 Å². The molecule has 0 aliphatic carbocycles. The van der Waals surface area contributed by atoms with Crippen molar-refractivity contribution in [3.63, 3.8) is 0 Å². The molecule has 3 rings (SSSR count). The Labute approximate surface area is 183 Å². The van der Waals surface area contributed by atoms with Crippen LogP contribution in [0.1, 0.15) is 33.6 Å². The van der Waals surface area contributed by atoms with Gasteiger partial charge in [0.25, 0.3) is 8.32 Å². The van der Waals surface area contributed by atoms with E-state index in [9.17, 15) is 4.79 Å². The summed E-state index contributed by atoms with van der Waals surface area (Å²) in [6.07, 6.45) is 5.15. The zero-order valence-electron chi connectivity index (χ0n) is 17.3. The van der Waals surface area contributed by atoms with Crippen LogP contribution in [0.3, 0.4) is 0 Å². The van der Waals surface area contributed by atoms with Crippen LogP contribution >= 0.6 is 15.9 Å². The van der Waals surface area contributed by atoms with Crippen LogP contribution < -0.4 is 10.4 Å². The number of cyclic esters (lactones) is 1. The molecular weight excluding hydrogens is 444 g/mol. The first kappa shape index (κ1) is 22.0. The molecule has 1 aliphatic rings. The Morgan fingerprint density at radius 2 is 1.48 bits per heavy atom. The number of ether oxygens (including phenoxy) is 1. The van der Waals surface area contributed by atoms with Crippen molar-refractivity contribution < 1.29 is 14.0 Å². The van der Waals surface area contributed by atoms with Crippen molar-refractivity contribution in [2.45, 2.75) is 49.6 Å². The molecule has 29 heavy (non-hydrogen) atoms. The minimum absolute atomic E-state index is 0.102. The summed E-state index contributed by atoms with van der Waals surface area (Å²) in [6, 6.07) is 21.0. The molecular formula is C24H29BrO3Si. The zero-order valence-corrected chi connectivity index (χ0v) is 19.9. The molecule has 0 amide bonds. The Bertz CT molecular complexity index is 791. The van der Waals surface area contributed by atoms with E-state index in [2.05, 4.69) is 91.3 Å². The molecule has 3 nitrogen and oxygen atoms in total. The van der Waals surface area contributed by atoms with Gasteiger partial charge in [-0.1, -0.05) is 110 Å². The number of rotatable bonds is 5. The molecule has 0 unspecified atom stereocenters. The maximum Gasteiger partial charge on any atom is 0.320 e. The molecule has 154 valence electrons. The van der Waals surface area contributed by atoms with Gasteiger partial charge in [-0.05, 0) is 21.8 Å². The van der Waals surface area contributed by atoms with E-state index in [-0.39, 0.29) is 21.9 Å². The fourth-order valence-corrected chi connectivity index (χ4v) is 8.84. The Kier molecular flexibility index (Phi) is 7.14. The van der Waals surface area contributed by atoms with Crippen molar-refractivity contribution in [2.24, 2.45) is 0 Å². The van der Waals surface area contributed by atoms with Crippen molar-refractivity contribution in [3.05, 3.63) is 72.8 Å². The van der Waals surface area contributed by atoms with Crippen molar-refractivity contribution in [1.82, 2.24) is 0 Å². The number of benzene rings is 2. The third-order valence-electron chi connectivity index (χ3n) is 5.35. The summed E-state index contributed by atoms with van der Waals surface area (Å²) in [5.74, 6) is -0.217. The zero-order chi connectivity index (χ0) is 20.9. The summed E-state index contributed by atoms with van der Waals surface area (Å²) >= 11 is 3.40. The van der Waals surface area contributed by atoms with Gasteiger partial charge in [0.2, 0.25) is 0 Å².